The van der Waals surface area contributed by atoms with Crippen molar-refractivity contribution in [2.24, 2.45) is 0 Å². The van der Waals surface area contributed by atoms with Crippen LogP contribution in [0.15, 0.2) is 24.3 Å². The number of ether oxygens (including phenoxy) is 2. The Bertz CT molecular complexity index is 1070. The first-order chi connectivity index (χ1) is 19.9. The van der Waals surface area contributed by atoms with Crippen LogP contribution < -0.4 is 10.6 Å². The van der Waals surface area contributed by atoms with Crippen molar-refractivity contribution >= 4 is 17.7 Å². The molecule has 0 unspecified atom stereocenters. The topological polar surface area (TPSA) is 127 Å². The van der Waals surface area contributed by atoms with Gasteiger partial charge in [-0.05, 0) is 45.5 Å². The van der Waals surface area contributed by atoms with Crippen LogP contribution in [0.4, 0.5) is 0 Å². The van der Waals surface area contributed by atoms with Crippen LogP contribution in [-0.2, 0) is 30.4 Å². The van der Waals surface area contributed by atoms with Gasteiger partial charge in [0.1, 0.15) is 24.4 Å². The Balaban J connectivity index is 1.37. The Labute approximate surface area is 241 Å². The fourth-order valence-electron chi connectivity index (χ4n) is 6.49. The Hall–Kier alpha value is -2.77. The minimum absolute atomic E-state index is 0.104. The van der Waals surface area contributed by atoms with E-state index >= 15 is 0 Å². The molecule has 4 saturated heterocycles. The number of carbonyl (C=O) groups excluding carboxylic acids is 3. The maximum absolute atomic E-state index is 14.3. The van der Waals surface area contributed by atoms with Crippen LogP contribution in [0.25, 0.3) is 0 Å². The SMILES string of the molecule is CN1CCC(N2CCN3C(=O)COCCOCCNC(=O)[C@@H]4[C@H](NCc5ccccc5O)CCN4C(=O)[C@@H]3C2)CC1. The van der Waals surface area contributed by atoms with Gasteiger partial charge in [-0.1, -0.05) is 18.2 Å². The molecule has 12 nitrogen and oxygen atoms in total. The van der Waals surface area contributed by atoms with Gasteiger partial charge in [-0.2, -0.15) is 0 Å². The summed E-state index contributed by atoms with van der Waals surface area (Å²) < 4.78 is 11.2. The Morgan fingerprint density at radius 1 is 0.951 bits per heavy atom. The van der Waals surface area contributed by atoms with Crippen LogP contribution in [-0.4, -0.2) is 146 Å². The third-order valence-electron chi connectivity index (χ3n) is 8.86. The number of rotatable bonds is 4. The fourth-order valence-corrected chi connectivity index (χ4v) is 6.49. The van der Waals surface area contributed by atoms with Crippen LogP contribution in [0, 0.1) is 0 Å². The zero-order valence-electron chi connectivity index (χ0n) is 24.0. The van der Waals surface area contributed by atoms with Crippen molar-refractivity contribution in [3.05, 3.63) is 29.8 Å². The lowest BCUT2D eigenvalue weighted by Gasteiger charge is -2.46. The smallest absolute Gasteiger partial charge is 0.249 e. The number of phenols is 1. The first-order valence-corrected chi connectivity index (χ1v) is 14.9. The number of likely N-dealkylation sites (tertiary alicyclic amines) is 1. The normalized spacial score (nSPS) is 28.5. The molecule has 1 aromatic rings. The average Bonchev–Trinajstić information content (AvgIpc) is 3.41. The zero-order valence-corrected chi connectivity index (χ0v) is 24.0. The maximum Gasteiger partial charge on any atom is 0.249 e. The van der Waals surface area contributed by atoms with E-state index < -0.39 is 12.1 Å². The van der Waals surface area contributed by atoms with Crippen molar-refractivity contribution < 1.29 is 29.0 Å². The molecule has 3 N–H and O–H groups in total. The van der Waals surface area contributed by atoms with Gasteiger partial charge in [0.15, 0.2) is 0 Å². The summed E-state index contributed by atoms with van der Waals surface area (Å²) in [5.41, 5.74) is 0.723. The predicted molar refractivity (Wildman–Crippen MR) is 151 cm³/mol. The highest BCUT2D eigenvalue weighted by molar-refractivity contribution is 5.93. The first-order valence-electron chi connectivity index (χ1n) is 14.9. The molecule has 0 spiro atoms. The summed E-state index contributed by atoms with van der Waals surface area (Å²) in [4.78, 5) is 49.2. The molecule has 0 aromatic heterocycles. The van der Waals surface area contributed by atoms with E-state index in [0.29, 0.717) is 64.9 Å². The second kappa shape index (κ2) is 13.9. The summed E-state index contributed by atoms with van der Waals surface area (Å²) in [5.74, 6) is -0.479. The molecule has 41 heavy (non-hydrogen) atoms. The van der Waals surface area contributed by atoms with Gasteiger partial charge in [0.25, 0.3) is 0 Å². The van der Waals surface area contributed by atoms with Gasteiger partial charge >= 0.3 is 0 Å². The number of benzene rings is 1. The van der Waals surface area contributed by atoms with Crippen LogP contribution >= 0.6 is 0 Å². The number of carbonyl (C=O) groups is 3. The van der Waals surface area contributed by atoms with Gasteiger partial charge < -0.3 is 39.9 Å². The van der Waals surface area contributed by atoms with E-state index in [-0.39, 0.29) is 42.7 Å². The molecular formula is C29H44N6O6. The largest absolute Gasteiger partial charge is 0.508 e. The van der Waals surface area contributed by atoms with Crippen molar-refractivity contribution in [1.82, 2.24) is 30.2 Å². The Morgan fingerprint density at radius 3 is 2.54 bits per heavy atom. The van der Waals surface area contributed by atoms with E-state index in [9.17, 15) is 19.5 Å². The number of nitrogens with zero attached hydrogens (tertiary/aromatic N) is 4. The summed E-state index contributed by atoms with van der Waals surface area (Å²) in [7, 11) is 2.13. The van der Waals surface area contributed by atoms with Crippen molar-refractivity contribution in [3.8, 4) is 5.75 Å². The molecule has 4 aliphatic rings. The van der Waals surface area contributed by atoms with E-state index in [4.69, 9.17) is 9.47 Å². The highest BCUT2D eigenvalue weighted by Gasteiger charge is 2.47. The summed E-state index contributed by atoms with van der Waals surface area (Å²) in [5, 5.41) is 16.6. The van der Waals surface area contributed by atoms with Gasteiger partial charge in [0, 0.05) is 56.9 Å². The highest BCUT2D eigenvalue weighted by Crippen LogP contribution is 2.26. The lowest BCUT2D eigenvalue weighted by Crippen LogP contribution is -2.65. The molecule has 1 aromatic carbocycles. The number of aromatic hydroxyl groups is 1. The van der Waals surface area contributed by atoms with E-state index in [1.54, 1.807) is 21.9 Å². The molecule has 12 heteroatoms. The number of piperidine rings is 1. The lowest BCUT2D eigenvalue weighted by atomic mass is 10.00. The number of fused-ring (bicyclic) bond motifs is 2. The third kappa shape index (κ3) is 7.18. The number of hydrogen-bond donors (Lipinski definition) is 3. The second-order valence-corrected chi connectivity index (χ2v) is 11.5. The van der Waals surface area contributed by atoms with Crippen LogP contribution in [0.3, 0.4) is 0 Å². The monoisotopic (exact) mass is 572 g/mol. The van der Waals surface area contributed by atoms with E-state index in [2.05, 4.69) is 27.5 Å². The molecule has 5 rings (SSSR count). The van der Waals surface area contributed by atoms with Crippen molar-refractivity contribution in [2.75, 3.05) is 79.3 Å². The molecule has 4 aliphatic heterocycles. The molecule has 3 amide bonds. The maximum atomic E-state index is 14.3. The molecule has 0 radical (unpaired) electrons. The zero-order chi connectivity index (χ0) is 28.8. The van der Waals surface area contributed by atoms with E-state index in [0.717, 1.165) is 31.5 Å². The number of amides is 3. The predicted octanol–water partition coefficient (Wildman–Crippen LogP) is -0.779. The summed E-state index contributed by atoms with van der Waals surface area (Å²) in [6.07, 6.45) is 2.64. The second-order valence-electron chi connectivity index (χ2n) is 11.5. The van der Waals surface area contributed by atoms with E-state index in [1.807, 2.05) is 12.1 Å². The molecule has 0 saturated carbocycles. The molecule has 226 valence electrons. The summed E-state index contributed by atoms with van der Waals surface area (Å²) >= 11 is 0. The molecule has 4 heterocycles. The highest BCUT2D eigenvalue weighted by atomic mass is 16.5. The molecule has 4 fully saturated rings. The van der Waals surface area contributed by atoms with E-state index in [1.165, 1.54) is 0 Å². The molecule has 3 atom stereocenters. The number of phenolic OH excluding ortho intramolecular Hbond substituents is 1. The van der Waals surface area contributed by atoms with Crippen LogP contribution in [0.1, 0.15) is 24.8 Å². The molecule has 0 bridgehead atoms. The summed E-state index contributed by atoms with van der Waals surface area (Å²) in [6.45, 7) is 5.47. The Kier molecular flexibility index (Phi) is 10.1. The van der Waals surface area contributed by atoms with Crippen molar-refractivity contribution in [1.29, 1.82) is 0 Å². The fraction of sp³-hybridized carbons (Fsp3) is 0.690. The van der Waals surface area contributed by atoms with Crippen LogP contribution in [0.5, 0.6) is 5.75 Å². The van der Waals surface area contributed by atoms with Crippen LogP contribution in [0.2, 0.25) is 0 Å². The number of nitrogens with one attached hydrogen (secondary N) is 2. The minimum Gasteiger partial charge on any atom is -0.508 e. The van der Waals surface area contributed by atoms with Gasteiger partial charge in [0.05, 0.1) is 19.8 Å². The number of hydrogen-bond acceptors (Lipinski definition) is 9. The standard InChI is InChI=1S/C29H44N6O6/c1-32-10-6-22(7-11-32)33-13-14-34-24(19-33)29(39)35-12-8-23(31-18-21-4-2-3-5-25(21)36)27(35)28(38)30-9-15-40-16-17-41-20-26(34)37/h2-5,22-24,27,31,36H,6-20H2,1H3,(H,30,38)/t23-,24+,27+/m1/s1. The first kappa shape index (κ1) is 29.7. The average molecular weight is 573 g/mol. The van der Waals surface area contributed by atoms with Crippen molar-refractivity contribution in [2.45, 2.75) is 50.0 Å². The summed E-state index contributed by atoms with van der Waals surface area (Å²) in [6, 6.07) is 5.71. The van der Waals surface area contributed by atoms with Gasteiger partial charge in [0.2, 0.25) is 17.7 Å². The molecular weight excluding hydrogens is 528 g/mol. The molecule has 0 aliphatic carbocycles. The Morgan fingerprint density at radius 2 is 1.73 bits per heavy atom. The van der Waals surface area contributed by atoms with Gasteiger partial charge in [-0.15, -0.1) is 0 Å². The lowest BCUT2D eigenvalue weighted by molar-refractivity contribution is -0.154. The number of piperazine rings is 1. The number of para-hydroxylation sites is 1. The quantitative estimate of drug-likeness (QED) is 0.426. The van der Waals surface area contributed by atoms with Gasteiger partial charge in [-0.3, -0.25) is 19.3 Å². The van der Waals surface area contributed by atoms with Crippen molar-refractivity contribution in [3.63, 3.8) is 0 Å². The third-order valence-corrected chi connectivity index (χ3v) is 8.86. The minimum atomic E-state index is -0.745. The van der Waals surface area contributed by atoms with Gasteiger partial charge in [-0.25, -0.2) is 0 Å².